The summed E-state index contributed by atoms with van der Waals surface area (Å²) in [5.74, 6) is 1.01. The summed E-state index contributed by atoms with van der Waals surface area (Å²) in [4.78, 5) is 2.37. The van der Waals surface area contributed by atoms with Gasteiger partial charge in [0.25, 0.3) is 0 Å². The van der Waals surface area contributed by atoms with Gasteiger partial charge in [0.2, 0.25) is 0 Å². The maximum Gasteiger partial charge on any atom is 0.122 e. The number of rotatable bonds is 8. The molecule has 0 spiro atoms. The van der Waals surface area contributed by atoms with Crippen molar-refractivity contribution < 1.29 is 4.74 Å². The van der Waals surface area contributed by atoms with Crippen molar-refractivity contribution in [2.24, 2.45) is 7.05 Å². The Balaban J connectivity index is 1.83. The molecule has 1 aromatic carbocycles. The summed E-state index contributed by atoms with van der Waals surface area (Å²) < 4.78 is 7.79. The molecular weight excluding hydrogens is 262 g/mol. The number of aromatic nitrogens is 2. The summed E-state index contributed by atoms with van der Waals surface area (Å²) in [6.07, 6.45) is 5.00. The zero-order valence-electron chi connectivity index (χ0n) is 13.2. The highest BCUT2D eigenvalue weighted by molar-refractivity contribution is 5.33. The number of ether oxygens (including phenoxy) is 1. The summed E-state index contributed by atoms with van der Waals surface area (Å²) in [6, 6.07) is 8.27. The molecule has 0 atom stereocenters. The number of para-hydroxylation sites is 1. The molecule has 2 aromatic rings. The van der Waals surface area contributed by atoms with Gasteiger partial charge in [-0.2, -0.15) is 5.10 Å². The summed E-state index contributed by atoms with van der Waals surface area (Å²) in [7, 11) is 1.95. The zero-order chi connectivity index (χ0) is 15.1. The minimum absolute atomic E-state index is 0.713. The fourth-order valence-electron chi connectivity index (χ4n) is 2.38. The van der Waals surface area contributed by atoms with Gasteiger partial charge >= 0.3 is 0 Å². The van der Waals surface area contributed by atoms with Crippen molar-refractivity contribution in [1.29, 1.82) is 0 Å². The molecular formula is C17H25N3O. The van der Waals surface area contributed by atoms with E-state index in [0.29, 0.717) is 6.61 Å². The average Bonchev–Trinajstić information content (AvgIpc) is 2.92. The van der Waals surface area contributed by atoms with Gasteiger partial charge in [-0.25, -0.2) is 0 Å². The Hall–Kier alpha value is -1.81. The SMILES string of the molecule is CCc1ccccc1OCCN(CC)Cc1cnn(C)c1. The van der Waals surface area contributed by atoms with E-state index >= 15 is 0 Å². The number of likely N-dealkylation sites (N-methyl/N-ethyl adjacent to an activating group) is 1. The van der Waals surface area contributed by atoms with Crippen LogP contribution in [0.5, 0.6) is 5.75 Å². The summed E-state index contributed by atoms with van der Waals surface area (Å²) >= 11 is 0. The molecule has 0 radical (unpaired) electrons. The van der Waals surface area contributed by atoms with Gasteiger partial charge in [-0.3, -0.25) is 9.58 Å². The Morgan fingerprint density at radius 1 is 1.24 bits per heavy atom. The van der Waals surface area contributed by atoms with Crippen molar-refractivity contribution >= 4 is 0 Å². The van der Waals surface area contributed by atoms with Crippen molar-refractivity contribution in [2.45, 2.75) is 26.8 Å². The number of aryl methyl sites for hydroxylation is 2. The van der Waals surface area contributed by atoms with E-state index < -0.39 is 0 Å². The molecule has 4 heteroatoms. The molecule has 0 N–H and O–H groups in total. The number of hydrogen-bond donors (Lipinski definition) is 0. The largest absolute Gasteiger partial charge is 0.492 e. The number of hydrogen-bond acceptors (Lipinski definition) is 3. The van der Waals surface area contributed by atoms with Crippen molar-refractivity contribution in [3.8, 4) is 5.75 Å². The van der Waals surface area contributed by atoms with Gasteiger partial charge in [0.15, 0.2) is 0 Å². The van der Waals surface area contributed by atoms with Crippen molar-refractivity contribution in [2.75, 3.05) is 19.7 Å². The summed E-state index contributed by atoms with van der Waals surface area (Å²) in [5.41, 5.74) is 2.51. The van der Waals surface area contributed by atoms with E-state index in [4.69, 9.17) is 4.74 Å². The third-order valence-corrected chi connectivity index (χ3v) is 3.63. The Kier molecular flexibility index (Phi) is 5.81. The van der Waals surface area contributed by atoms with Crippen molar-refractivity contribution in [3.63, 3.8) is 0 Å². The second-order valence-electron chi connectivity index (χ2n) is 5.20. The van der Waals surface area contributed by atoms with Crippen LogP contribution in [-0.4, -0.2) is 34.4 Å². The first kappa shape index (κ1) is 15.6. The summed E-state index contributed by atoms with van der Waals surface area (Å²) in [6.45, 7) is 7.89. The molecule has 1 aromatic heterocycles. The van der Waals surface area contributed by atoms with E-state index in [1.807, 2.05) is 24.0 Å². The smallest absolute Gasteiger partial charge is 0.122 e. The number of benzene rings is 1. The lowest BCUT2D eigenvalue weighted by atomic mass is 10.1. The number of nitrogens with zero attached hydrogens (tertiary/aromatic N) is 3. The van der Waals surface area contributed by atoms with Gasteiger partial charge in [0.05, 0.1) is 6.20 Å². The fraction of sp³-hybridized carbons (Fsp3) is 0.471. The molecule has 21 heavy (non-hydrogen) atoms. The maximum atomic E-state index is 5.94. The van der Waals surface area contributed by atoms with Crippen molar-refractivity contribution in [3.05, 3.63) is 47.8 Å². The second-order valence-corrected chi connectivity index (χ2v) is 5.20. The fourth-order valence-corrected chi connectivity index (χ4v) is 2.38. The lowest BCUT2D eigenvalue weighted by molar-refractivity contribution is 0.209. The molecule has 0 bridgehead atoms. The predicted molar refractivity (Wildman–Crippen MR) is 85.5 cm³/mol. The topological polar surface area (TPSA) is 30.3 Å². The van der Waals surface area contributed by atoms with E-state index in [-0.39, 0.29) is 0 Å². The maximum absolute atomic E-state index is 5.94. The Morgan fingerprint density at radius 2 is 2.05 bits per heavy atom. The van der Waals surface area contributed by atoms with E-state index in [0.717, 1.165) is 31.8 Å². The molecule has 0 amide bonds. The van der Waals surface area contributed by atoms with Gasteiger partial charge in [0.1, 0.15) is 12.4 Å². The molecule has 0 aliphatic heterocycles. The third-order valence-electron chi connectivity index (χ3n) is 3.63. The van der Waals surface area contributed by atoms with Crippen LogP contribution in [0.2, 0.25) is 0 Å². The minimum atomic E-state index is 0.713. The highest BCUT2D eigenvalue weighted by Crippen LogP contribution is 2.18. The van der Waals surface area contributed by atoms with E-state index in [2.05, 4.69) is 48.2 Å². The first-order chi connectivity index (χ1) is 10.2. The third kappa shape index (κ3) is 4.60. The van der Waals surface area contributed by atoms with Crippen LogP contribution in [0.15, 0.2) is 36.7 Å². The van der Waals surface area contributed by atoms with Crippen LogP contribution in [0.3, 0.4) is 0 Å². The molecule has 114 valence electrons. The van der Waals surface area contributed by atoms with Gasteiger partial charge in [-0.05, 0) is 24.6 Å². The molecule has 1 heterocycles. The van der Waals surface area contributed by atoms with Gasteiger partial charge in [-0.1, -0.05) is 32.0 Å². The van der Waals surface area contributed by atoms with Crippen LogP contribution in [-0.2, 0) is 20.0 Å². The highest BCUT2D eigenvalue weighted by Gasteiger charge is 2.06. The average molecular weight is 287 g/mol. The zero-order valence-corrected chi connectivity index (χ0v) is 13.2. The van der Waals surface area contributed by atoms with Crippen LogP contribution >= 0.6 is 0 Å². The van der Waals surface area contributed by atoms with Crippen LogP contribution in [0.1, 0.15) is 25.0 Å². The molecule has 0 saturated carbocycles. The minimum Gasteiger partial charge on any atom is -0.492 e. The Morgan fingerprint density at radius 3 is 2.71 bits per heavy atom. The molecule has 4 nitrogen and oxygen atoms in total. The molecule has 0 saturated heterocycles. The first-order valence-corrected chi connectivity index (χ1v) is 7.63. The van der Waals surface area contributed by atoms with Crippen LogP contribution < -0.4 is 4.74 Å². The van der Waals surface area contributed by atoms with Crippen LogP contribution in [0, 0.1) is 0 Å². The molecule has 0 unspecified atom stereocenters. The van der Waals surface area contributed by atoms with E-state index in [9.17, 15) is 0 Å². The second kappa shape index (κ2) is 7.84. The summed E-state index contributed by atoms with van der Waals surface area (Å²) in [5, 5.41) is 4.21. The molecule has 0 fully saturated rings. The van der Waals surface area contributed by atoms with Crippen LogP contribution in [0.4, 0.5) is 0 Å². The molecule has 2 rings (SSSR count). The lowest BCUT2D eigenvalue weighted by Gasteiger charge is -2.20. The van der Waals surface area contributed by atoms with E-state index in [1.54, 1.807) is 0 Å². The van der Waals surface area contributed by atoms with Gasteiger partial charge < -0.3 is 4.74 Å². The Labute approximate surface area is 127 Å². The van der Waals surface area contributed by atoms with Gasteiger partial charge in [0, 0.05) is 31.9 Å². The molecule has 0 aliphatic carbocycles. The quantitative estimate of drug-likeness (QED) is 0.748. The predicted octanol–water partition coefficient (Wildman–Crippen LogP) is 2.88. The van der Waals surface area contributed by atoms with Crippen LogP contribution in [0.25, 0.3) is 0 Å². The highest BCUT2D eigenvalue weighted by atomic mass is 16.5. The first-order valence-electron chi connectivity index (χ1n) is 7.63. The standard InChI is InChI=1S/C17H25N3O/c1-4-16-8-6-7-9-17(16)21-11-10-20(5-2)14-15-12-18-19(3)13-15/h6-9,12-13H,4-5,10-11,14H2,1-3H3. The van der Waals surface area contributed by atoms with E-state index in [1.165, 1.54) is 11.1 Å². The molecule has 0 aliphatic rings. The normalized spacial score (nSPS) is 11.0. The Bertz CT molecular complexity index is 550. The van der Waals surface area contributed by atoms with Gasteiger partial charge in [-0.15, -0.1) is 0 Å². The lowest BCUT2D eigenvalue weighted by Crippen LogP contribution is -2.27. The monoisotopic (exact) mass is 287 g/mol. The van der Waals surface area contributed by atoms with Crippen molar-refractivity contribution in [1.82, 2.24) is 14.7 Å².